The van der Waals surface area contributed by atoms with Crippen molar-refractivity contribution in [3.05, 3.63) is 55.6 Å². The van der Waals surface area contributed by atoms with Crippen LogP contribution in [0.15, 0.2) is 50.1 Å². The topological polar surface area (TPSA) is 42.2 Å². The molecule has 0 unspecified atom stereocenters. The van der Waals surface area contributed by atoms with Gasteiger partial charge in [0.1, 0.15) is 0 Å². The molecule has 1 aromatic heterocycles. The van der Waals surface area contributed by atoms with E-state index in [4.69, 9.17) is 0 Å². The normalized spacial score (nSPS) is 11.2. The van der Waals surface area contributed by atoms with E-state index in [1.54, 1.807) is 36.4 Å². The van der Waals surface area contributed by atoms with Gasteiger partial charge in [-0.25, -0.2) is 0 Å². The maximum absolute atomic E-state index is 12.3. The molecular formula is C13H7Br2NO2. The van der Waals surface area contributed by atoms with Gasteiger partial charge >= 0.3 is 0 Å². The van der Waals surface area contributed by atoms with Crippen LogP contribution in [0.2, 0.25) is 0 Å². The van der Waals surface area contributed by atoms with Crippen LogP contribution in [0.25, 0.3) is 21.8 Å². The molecule has 0 aliphatic heterocycles. The first-order chi connectivity index (χ1) is 8.58. The van der Waals surface area contributed by atoms with E-state index < -0.39 is 0 Å². The van der Waals surface area contributed by atoms with Gasteiger partial charge in [0.25, 0.3) is 0 Å². The van der Waals surface area contributed by atoms with Crippen LogP contribution in [-0.4, -0.2) is 9.94 Å². The highest BCUT2D eigenvalue weighted by atomic mass is 79.9. The molecule has 0 aliphatic rings. The lowest BCUT2D eigenvalue weighted by molar-refractivity contribution is 0.211. The molecule has 18 heavy (non-hydrogen) atoms. The van der Waals surface area contributed by atoms with E-state index in [0.717, 1.165) is 13.7 Å². The third kappa shape index (κ3) is 1.66. The minimum Gasteiger partial charge on any atom is -0.428 e. The fraction of sp³-hybridized carbons (Fsp3) is 0. The van der Waals surface area contributed by atoms with E-state index in [1.807, 2.05) is 0 Å². The Kier molecular flexibility index (Phi) is 2.68. The van der Waals surface area contributed by atoms with Crippen molar-refractivity contribution in [2.24, 2.45) is 0 Å². The second-order valence-corrected chi connectivity index (χ2v) is 5.80. The van der Waals surface area contributed by atoms with E-state index in [9.17, 15) is 10.0 Å². The summed E-state index contributed by atoms with van der Waals surface area (Å²) in [4.78, 5) is 12.3. The molecule has 5 heteroatoms. The first-order valence-electron chi connectivity index (χ1n) is 5.21. The van der Waals surface area contributed by atoms with Gasteiger partial charge in [-0.1, -0.05) is 31.9 Å². The van der Waals surface area contributed by atoms with Crippen LogP contribution in [-0.2, 0) is 0 Å². The number of nitrogens with zero attached hydrogens (tertiary/aromatic N) is 1. The second-order valence-electron chi connectivity index (χ2n) is 3.96. The van der Waals surface area contributed by atoms with E-state index in [-0.39, 0.29) is 5.43 Å². The molecule has 90 valence electrons. The second kappa shape index (κ2) is 4.10. The molecule has 0 fully saturated rings. The maximum atomic E-state index is 12.3. The molecule has 3 nitrogen and oxygen atoms in total. The summed E-state index contributed by atoms with van der Waals surface area (Å²) in [6, 6.07) is 10.4. The Morgan fingerprint density at radius 2 is 1.33 bits per heavy atom. The number of halogens is 2. The SMILES string of the molecule is O=c1c2ccc(Br)cc2n(O)c2cc(Br)ccc12. The summed E-state index contributed by atoms with van der Waals surface area (Å²) in [5, 5.41) is 11.2. The summed E-state index contributed by atoms with van der Waals surface area (Å²) in [5.74, 6) is 0. The van der Waals surface area contributed by atoms with Crippen molar-refractivity contribution in [3.63, 3.8) is 0 Å². The van der Waals surface area contributed by atoms with Crippen molar-refractivity contribution < 1.29 is 5.21 Å². The summed E-state index contributed by atoms with van der Waals surface area (Å²) < 4.78 is 2.67. The highest BCUT2D eigenvalue weighted by Crippen LogP contribution is 2.23. The fourth-order valence-corrected chi connectivity index (χ4v) is 2.72. The number of pyridine rings is 1. The Bertz CT molecular complexity index is 774. The van der Waals surface area contributed by atoms with Crippen LogP contribution in [0.4, 0.5) is 0 Å². The van der Waals surface area contributed by atoms with Crippen LogP contribution in [0.1, 0.15) is 0 Å². The average Bonchev–Trinajstić information content (AvgIpc) is 2.35. The quantitative estimate of drug-likeness (QED) is 0.482. The molecule has 0 amide bonds. The van der Waals surface area contributed by atoms with E-state index in [1.165, 1.54) is 0 Å². The summed E-state index contributed by atoms with van der Waals surface area (Å²) in [7, 11) is 0. The smallest absolute Gasteiger partial charge is 0.197 e. The molecule has 0 saturated carbocycles. The number of hydrogen-bond acceptors (Lipinski definition) is 2. The molecule has 1 N–H and O–H groups in total. The number of aromatic nitrogens is 1. The zero-order valence-corrected chi connectivity index (χ0v) is 12.2. The largest absolute Gasteiger partial charge is 0.428 e. The zero-order valence-electron chi connectivity index (χ0n) is 9.02. The zero-order chi connectivity index (χ0) is 12.9. The molecular weight excluding hydrogens is 362 g/mol. The molecule has 1 heterocycles. The number of benzene rings is 2. The van der Waals surface area contributed by atoms with E-state index >= 15 is 0 Å². The molecule has 0 aliphatic carbocycles. The standard InChI is InChI=1S/C13H7Br2NO2/c14-7-1-3-9-11(5-7)16(18)12-6-8(15)2-4-10(12)13(9)17/h1-6,18H. The molecule has 3 rings (SSSR count). The third-order valence-electron chi connectivity index (χ3n) is 2.87. The van der Waals surface area contributed by atoms with Crippen molar-refractivity contribution in [2.45, 2.75) is 0 Å². The number of rotatable bonds is 0. The van der Waals surface area contributed by atoms with Crippen LogP contribution < -0.4 is 5.43 Å². The lowest BCUT2D eigenvalue weighted by atomic mass is 10.1. The molecule has 0 spiro atoms. The molecule has 0 saturated heterocycles. The highest BCUT2D eigenvalue weighted by molar-refractivity contribution is 9.10. The van der Waals surface area contributed by atoms with E-state index in [2.05, 4.69) is 31.9 Å². The van der Waals surface area contributed by atoms with Crippen molar-refractivity contribution >= 4 is 53.7 Å². The van der Waals surface area contributed by atoms with Gasteiger partial charge in [0.15, 0.2) is 5.43 Å². The van der Waals surface area contributed by atoms with Crippen LogP contribution in [0, 0.1) is 0 Å². The predicted octanol–water partition coefficient (Wildman–Crippen LogP) is 3.92. The number of fused-ring (bicyclic) bond motifs is 2. The molecule has 0 radical (unpaired) electrons. The molecule has 0 bridgehead atoms. The fourth-order valence-electron chi connectivity index (χ4n) is 2.02. The number of hydrogen-bond donors (Lipinski definition) is 1. The summed E-state index contributed by atoms with van der Waals surface area (Å²) in [6.07, 6.45) is 0. The van der Waals surface area contributed by atoms with Gasteiger partial charge in [-0.15, -0.1) is 0 Å². The Morgan fingerprint density at radius 1 is 0.889 bits per heavy atom. The van der Waals surface area contributed by atoms with Gasteiger partial charge in [-0.3, -0.25) is 4.79 Å². The Balaban J connectivity index is 2.65. The summed E-state index contributed by atoms with van der Waals surface area (Å²) in [5.41, 5.74) is 0.894. The summed E-state index contributed by atoms with van der Waals surface area (Å²) in [6.45, 7) is 0. The first-order valence-corrected chi connectivity index (χ1v) is 6.79. The maximum Gasteiger partial charge on any atom is 0.197 e. The Labute approximate surface area is 119 Å². The van der Waals surface area contributed by atoms with Gasteiger partial charge in [-0.05, 0) is 36.4 Å². The Hall–Kier alpha value is -1.33. The van der Waals surface area contributed by atoms with Crippen molar-refractivity contribution in [2.75, 3.05) is 0 Å². The van der Waals surface area contributed by atoms with Gasteiger partial charge in [0.2, 0.25) is 0 Å². The van der Waals surface area contributed by atoms with Gasteiger partial charge in [-0.2, -0.15) is 4.73 Å². The van der Waals surface area contributed by atoms with Crippen LogP contribution in [0.5, 0.6) is 0 Å². The van der Waals surface area contributed by atoms with Crippen molar-refractivity contribution in [1.82, 2.24) is 4.73 Å². The minimum atomic E-state index is -0.0784. The third-order valence-corrected chi connectivity index (χ3v) is 3.85. The van der Waals surface area contributed by atoms with Gasteiger partial charge < -0.3 is 5.21 Å². The first kappa shape index (κ1) is 11.7. The lowest BCUT2D eigenvalue weighted by Crippen LogP contribution is -2.09. The highest BCUT2D eigenvalue weighted by Gasteiger charge is 2.10. The summed E-state index contributed by atoms with van der Waals surface area (Å²) >= 11 is 6.67. The van der Waals surface area contributed by atoms with Crippen LogP contribution in [0.3, 0.4) is 0 Å². The molecule has 0 atom stereocenters. The molecule has 2 aromatic carbocycles. The Morgan fingerprint density at radius 3 is 1.78 bits per heavy atom. The van der Waals surface area contributed by atoms with Crippen molar-refractivity contribution in [3.8, 4) is 0 Å². The predicted molar refractivity (Wildman–Crippen MR) is 78.3 cm³/mol. The van der Waals surface area contributed by atoms with E-state index in [0.29, 0.717) is 21.8 Å². The van der Waals surface area contributed by atoms with Gasteiger partial charge in [0, 0.05) is 19.7 Å². The van der Waals surface area contributed by atoms with Crippen molar-refractivity contribution in [1.29, 1.82) is 0 Å². The average molecular weight is 369 g/mol. The lowest BCUT2D eigenvalue weighted by Gasteiger charge is -2.09. The van der Waals surface area contributed by atoms with Crippen LogP contribution >= 0.6 is 31.9 Å². The van der Waals surface area contributed by atoms with Gasteiger partial charge in [0.05, 0.1) is 11.0 Å². The molecule has 3 aromatic rings. The minimum absolute atomic E-state index is 0.0784. The monoisotopic (exact) mass is 367 g/mol.